The Morgan fingerprint density at radius 1 is 1.35 bits per heavy atom. The Hall–Kier alpha value is -1.35. The lowest BCUT2D eigenvalue weighted by atomic mass is 10.1. The third-order valence-corrected chi connectivity index (χ3v) is 3.19. The molecule has 0 radical (unpaired) electrons. The molecule has 3 nitrogen and oxygen atoms in total. The Bertz CT molecular complexity index is 382. The molecule has 1 aromatic carbocycles. The molecule has 17 heavy (non-hydrogen) atoms. The molecule has 1 saturated carbocycles. The third-order valence-electron chi connectivity index (χ3n) is 3.19. The van der Waals surface area contributed by atoms with Crippen LogP contribution in [-0.2, 0) is 11.3 Å². The number of carbonyl (C=O) groups is 1. The first-order chi connectivity index (χ1) is 8.15. The quantitative estimate of drug-likeness (QED) is 0.820. The molecular formula is C14H19NO2. The van der Waals surface area contributed by atoms with Gasteiger partial charge in [0.25, 0.3) is 0 Å². The first-order valence-electron chi connectivity index (χ1n) is 6.14. The van der Waals surface area contributed by atoms with Crippen molar-refractivity contribution in [3.8, 4) is 0 Å². The van der Waals surface area contributed by atoms with E-state index in [1.54, 1.807) is 0 Å². The number of hydrogen-bond donors (Lipinski definition) is 1. The molecule has 1 aliphatic rings. The second kappa shape index (κ2) is 5.32. The standard InChI is InChI=1S/C14H19NO2/c1-15(9-8-14(16)17)10-11-2-4-12(5-3-11)13-6-7-13/h2-5,13H,6-10H2,1H3,(H,16,17). The van der Waals surface area contributed by atoms with Gasteiger partial charge < -0.3 is 10.0 Å². The van der Waals surface area contributed by atoms with Crippen molar-refractivity contribution in [3.63, 3.8) is 0 Å². The largest absolute Gasteiger partial charge is 0.481 e. The fourth-order valence-electron chi connectivity index (χ4n) is 1.99. The summed E-state index contributed by atoms with van der Waals surface area (Å²) in [5.74, 6) is 0.0646. The van der Waals surface area contributed by atoms with Crippen molar-refractivity contribution in [1.29, 1.82) is 0 Å². The summed E-state index contributed by atoms with van der Waals surface area (Å²) in [6.45, 7) is 1.41. The Morgan fingerprint density at radius 2 is 2.00 bits per heavy atom. The second-order valence-corrected chi connectivity index (χ2v) is 4.90. The lowest BCUT2D eigenvalue weighted by Gasteiger charge is -2.15. The van der Waals surface area contributed by atoms with Crippen molar-refractivity contribution >= 4 is 5.97 Å². The zero-order chi connectivity index (χ0) is 12.3. The van der Waals surface area contributed by atoms with Gasteiger partial charge in [-0.05, 0) is 36.9 Å². The van der Waals surface area contributed by atoms with E-state index in [4.69, 9.17) is 5.11 Å². The smallest absolute Gasteiger partial charge is 0.304 e. The maximum absolute atomic E-state index is 10.5. The summed E-state index contributed by atoms with van der Waals surface area (Å²) in [7, 11) is 1.96. The minimum absolute atomic E-state index is 0.205. The van der Waals surface area contributed by atoms with Crippen molar-refractivity contribution in [2.75, 3.05) is 13.6 Å². The molecule has 0 bridgehead atoms. The number of benzene rings is 1. The van der Waals surface area contributed by atoms with Crippen molar-refractivity contribution in [1.82, 2.24) is 4.90 Å². The van der Waals surface area contributed by atoms with Gasteiger partial charge in [-0.1, -0.05) is 24.3 Å². The van der Waals surface area contributed by atoms with Crippen LogP contribution in [-0.4, -0.2) is 29.6 Å². The monoisotopic (exact) mass is 233 g/mol. The lowest BCUT2D eigenvalue weighted by Crippen LogP contribution is -2.21. The summed E-state index contributed by atoms with van der Waals surface area (Å²) < 4.78 is 0. The Kier molecular flexibility index (Phi) is 3.79. The molecule has 1 N–H and O–H groups in total. The molecular weight excluding hydrogens is 214 g/mol. The number of carboxylic acids is 1. The summed E-state index contributed by atoms with van der Waals surface area (Å²) in [4.78, 5) is 12.5. The van der Waals surface area contributed by atoms with E-state index in [1.807, 2.05) is 11.9 Å². The highest BCUT2D eigenvalue weighted by Crippen LogP contribution is 2.39. The van der Waals surface area contributed by atoms with Crippen LogP contribution in [0.1, 0.15) is 36.3 Å². The van der Waals surface area contributed by atoms with Gasteiger partial charge in [0, 0.05) is 13.1 Å². The predicted octanol–water partition coefficient (Wildman–Crippen LogP) is 2.47. The van der Waals surface area contributed by atoms with Gasteiger partial charge in [0.05, 0.1) is 6.42 Å². The van der Waals surface area contributed by atoms with Gasteiger partial charge in [-0.3, -0.25) is 4.79 Å². The number of carboxylic acid groups (broad SMARTS) is 1. The highest BCUT2D eigenvalue weighted by Gasteiger charge is 2.22. The molecule has 1 fully saturated rings. The summed E-state index contributed by atoms with van der Waals surface area (Å²) in [5, 5.41) is 8.61. The van der Waals surface area contributed by atoms with E-state index in [0.717, 1.165) is 12.5 Å². The molecule has 92 valence electrons. The van der Waals surface area contributed by atoms with Crippen LogP contribution in [0.25, 0.3) is 0 Å². The van der Waals surface area contributed by atoms with E-state index >= 15 is 0 Å². The van der Waals surface area contributed by atoms with Gasteiger partial charge in [-0.15, -0.1) is 0 Å². The van der Waals surface area contributed by atoms with Crippen molar-refractivity contribution in [2.24, 2.45) is 0 Å². The van der Waals surface area contributed by atoms with E-state index in [1.165, 1.54) is 24.0 Å². The van der Waals surface area contributed by atoms with Crippen LogP contribution in [0.15, 0.2) is 24.3 Å². The van der Waals surface area contributed by atoms with Crippen LogP contribution in [0.5, 0.6) is 0 Å². The zero-order valence-electron chi connectivity index (χ0n) is 10.2. The van der Waals surface area contributed by atoms with E-state index in [9.17, 15) is 4.79 Å². The third kappa shape index (κ3) is 3.86. The van der Waals surface area contributed by atoms with E-state index < -0.39 is 5.97 Å². The summed E-state index contributed by atoms with van der Waals surface area (Å²) in [5.41, 5.74) is 2.70. The van der Waals surface area contributed by atoms with Gasteiger partial charge in [0.1, 0.15) is 0 Å². The molecule has 1 aliphatic carbocycles. The van der Waals surface area contributed by atoms with E-state index in [0.29, 0.717) is 6.54 Å². The van der Waals surface area contributed by atoms with E-state index in [2.05, 4.69) is 24.3 Å². The van der Waals surface area contributed by atoms with Crippen LogP contribution in [0.3, 0.4) is 0 Å². The van der Waals surface area contributed by atoms with Crippen molar-refractivity contribution in [2.45, 2.75) is 31.7 Å². The van der Waals surface area contributed by atoms with Crippen LogP contribution in [0, 0.1) is 0 Å². The molecule has 0 aromatic heterocycles. The molecule has 3 heteroatoms. The van der Waals surface area contributed by atoms with Crippen LogP contribution in [0.4, 0.5) is 0 Å². The summed E-state index contributed by atoms with van der Waals surface area (Å²) in [6, 6.07) is 8.73. The fourth-order valence-corrected chi connectivity index (χ4v) is 1.99. The minimum atomic E-state index is -0.735. The van der Waals surface area contributed by atoms with Crippen LogP contribution >= 0.6 is 0 Å². The average molecular weight is 233 g/mol. The molecule has 0 spiro atoms. The summed E-state index contributed by atoms with van der Waals surface area (Å²) >= 11 is 0. The molecule has 1 aromatic rings. The van der Waals surface area contributed by atoms with Crippen molar-refractivity contribution in [3.05, 3.63) is 35.4 Å². The molecule has 0 unspecified atom stereocenters. The zero-order valence-corrected chi connectivity index (χ0v) is 10.2. The average Bonchev–Trinajstić information content (AvgIpc) is 3.11. The fraction of sp³-hybridized carbons (Fsp3) is 0.500. The maximum Gasteiger partial charge on any atom is 0.304 e. The predicted molar refractivity (Wildman–Crippen MR) is 67.0 cm³/mol. The number of hydrogen-bond acceptors (Lipinski definition) is 2. The van der Waals surface area contributed by atoms with Crippen LogP contribution < -0.4 is 0 Å². The molecule has 0 heterocycles. The van der Waals surface area contributed by atoms with E-state index in [-0.39, 0.29) is 6.42 Å². The molecule has 0 saturated heterocycles. The van der Waals surface area contributed by atoms with Gasteiger partial charge in [-0.2, -0.15) is 0 Å². The number of rotatable bonds is 6. The first kappa shape index (κ1) is 12.1. The topological polar surface area (TPSA) is 40.5 Å². The maximum atomic E-state index is 10.5. The highest BCUT2D eigenvalue weighted by atomic mass is 16.4. The second-order valence-electron chi connectivity index (χ2n) is 4.90. The Morgan fingerprint density at radius 3 is 2.53 bits per heavy atom. The number of nitrogens with zero attached hydrogens (tertiary/aromatic N) is 1. The Balaban J connectivity index is 1.83. The molecule has 0 amide bonds. The first-order valence-corrected chi connectivity index (χ1v) is 6.14. The van der Waals surface area contributed by atoms with Gasteiger partial charge in [0.2, 0.25) is 0 Å². The van der Waals surface area contributed by atoms with Gasteiger partial charge in [0.15, 0.2) is 0 Å². The lowest BCUT2D eigenvalue weighted by molar-refractivity contribution is -0.137. The van der Waals surface area contributed by atoms with Crippen molar-refractivity contribution < 1.29 is 9.90 Å². The molecule has 0 atom stereocenters. The normalized spacial score (nSPS) is 15.2. The SMILES string of the molecule is CN(CCC(=O)O)Cc1ccc(C2CC2)cc1. The number of aliphatic carboxylic acids is 1. The minimum Gasteiger partial charge on any atom is -0.481 e. The van der Waals surface area contributed by atoms with Gasteiger partial charge in [-0.25, -0.2) is 0 Å². The van der Waals surface area contributed by atoms with Gasteiger partial charge >= 0.3 is 5.97 Å². The molecule has 0 aliphatic heterocycles. The molecule has 2 rings (SSSR count). The van der Waals surface area contributed by atoms with Crippen LogP contribution in [0.2, 0.25) is 0 Å². The summed E-state index contributed by atoms with van der Waals surface area (Å²) in [6.07, 6.45) is 2.87. The Labute approximate surface area is 102 Å². The highest BCUT2D eigenvalue weighted by molar-refractivity contribution is 5.66.